The predicted molar refractivity (Wildman–Crippen MR) is 162 cm³/mol. The lowest BCUT2D eigenvalue weighted by molar-refractivity contribution is -0.136. The molecule has 8 nitrogen and oxygen atoms in total. The number of benzene rings is 3. The number of nitrogens with one attached hydrogen (secondary N) is 2. The summed E-state index contributed by atoms with van der Waals surface area (Å²) in [6, 6.07) is 19.8. The van der Waals surface area contributed by atoms with Crippen LogP contribution in [0.3, 0.4) is 0 Å². The number of fused-ring (bicyclic) bond motifs is 2. The summed E-state index contributed by atoms with van der Waals surface area (Å²) in [5.41, 5.74) is 3.74. The largest absolute Gasteiger partial charge is 0.444 e. The Morgan fingerprint density at radius 2 is 1.71 bits per heavy atom. The summed E-state index contributed by atoms with van der Waals surface area (Å²) < 4.78 is 17.2. The fourth-order valence-corrected chi connectivity index (χ4v) is 5.06. The Morgan fingerprint density at radius 3 is 2.45 bits per heavy atom. The number of esters is 1. The molecule has 0 radical (unpaired) electrons. The number of H-pyrrole nitrogens is 1. The normalized spacial score (nSPS) is 12.3. The molecule has 1 unspecified atom stereocenters. The summed E-state index contributed by atoms with van der Waals surface area (Å²) in [5, 5.41) is 4.17. The number of para-hydroxylation sites is 1. The molecule has 1 amide bonds. The lowest BCUT2D eigenvalue weighted by Gasteiger charge is -2.23. The van der Waals surface area contributed by atoms with Crippen molar-refractivity contribution in [2.75, 3.05) is 0 Å². The van der Waals surface area contributed by atoms with Gasteiger partial charge in [0.25, 0.3) is 0 Å². The van der Waals surface area contributed by atoms with Crippen molar-refractivity contribution >= 4 is 33.9 Å². The first kappa shape index (κ1) is 28.7. The van der Waals surface area contributed by atoms with E-state index in [9.17, 15) is 14.4 Å². The highest BCUT2D eigenvalue weighted by atomic mass is 16.6. The Bertz CT molecular complexity index is 1830. The van der Waals surface area contributed by atoms with Crippen LogP contribution in [-0.2, 0) is 22.4 Å². The number of aryl methyl sites for hydroxylation is 2. The summed E-state index contributed by atoms with van der Waals surface area (Å²) in [5.74, 6) is -0.422. The predicted octanol–water partition coefficient (Wildman–Crippen LogP) is 6.52. The molecule has 1 atom stereocenters. The van der Waals surface area contributed by atoms with Crippen LogP contribution in [-0.4, -0.2) is 28.7 Å². The minimum absolute atomic E-state index is 0.166. The van der Waals surface area contributed by atoms with E-state index in [4.69, 9.17) is 13.9 Å². The van der Waals surface area contributed by atoms with Crippen LogP contribution in [0.5, 0.6) is 5.75 Å². The number of rotatable bonds is 7. The molecule has 0 saturated carbocycles. The van der Waals surface area contributed by atoms with Gasteiger partial charge in [0, 0.05) is 35.5 Å². The fourth-order valence-electron chi connectivity index (χ4n) is 5.06. The van der Waals surface area contributed by atoms with Gasteiger partial charge < -0.3 is 24.2 Å². The van der Waals surface area contributed by atoms with Crippen LogP contribution in [0, 0.1) is 13.8 Å². The molecule has 42 heavy (non-hydrogen) atoms. The zero-order valence-electron chi connectivity index (χ0n) is 24.4. The van der Waals surface area contributed by atoms with Gasteiger partial charge >= 0.3 is 17.7 Å². The third kappa shape index (κ3) is 6.38. The van der Waals surface area contributed by atoms with E-state index in [0.717, 1.165) is 27.6 Å². The zero-order chi connectivity index (χ0) is 30.0. The third-order valence-corrected chi connectivity index (χ3v) is 7.00. The smallest absolute Gasteiger partial charge is 0.408 e. The number of alkyl carbamates (subject to hydrolysis) is 1. The topological polar surface area (TPSA) is 111 Å². The number of hydrogen-bond acceptors (Lipinski definition) is 6. The number of carbonyl (C=O) groups excluding carboxylic acids is 2. The van der Waals surface area contributed by atoms with Crippen molar-refractivity contribution < 1.29 is 23.5 Å². The Kier molecular flexibility index (Phi) is 7.89. The molecule has 0 bridgehead atoms. The van der Waals surface area contributed by atoms with E-state index in [0.29, 0.717) is 28.5 Å². The first-order chi connectivity index (χ1) is 20.0. The molecule has 8 heteroatoms. The summed E-state index contributed by atoms with van der Waals surface area (Å²) in [7, 11) is 0. The monoisotopic (exact) mass is 566 g/mol. The van der Waals surface area contributed by atoms with Crippen molar-refractivity contribution in [1.29, 1.82) is 0 Å². The van der Waals surface area contributed by atoms with Crippen molar-refractivity contribution in [3.63, 3.8) is 0 Å². The molecule has 2 aromatic heterocycles. The Morgan fingerprint density at radius 1 is 1.00 bits per heavy atom. The molecule has 0 fully saturated rings. The molecule has 0 aliphatic rings. The maximum Gasteiger partial charge on any atom is 0.408 e. The van der Waals surface area contributed by atoms with Gasteiger partial charge in [0.05, 0.1) is 5.39 Å². The molecule has 0 spiro atoms. The van der Waals surface area contributed by atoms with Crippen molar-refractivity contribution in [3.8, 4) is 5.75 Å². The number of hydrogen-bond donors (Lipinski definition) is 2. The van der Waals surface area contributed by atoms with E-state index in [1.807, 2.05) is 74.6 Å². The first-order valence-electron chi connectivity index (χ1n) is 13.9. The van der Waals surface area contributed by atoms with Crippen LogP contribution in [0.25, 0.3) is 21.9 Å². The number of carbonyl (C=O) groups is 2. The molecule has 0 aliphatic heterocycles. The van der Waals surface area contributed by atoms with Gasteiger partial charge in [-0.3, -0.25) is 0 Å². The molecule has 2 heterocycles. The van der Waals surface area contributed by atoms with Crippen LogP contribution >= 0.6 is 0 Å². The molecule has 0 aliphatic carbocycles. The second-order valence-electron chi connectivity index (χ2n) is 11.5. The van der Waals surface area contributed by atoms with E-state index in [1.54, 1.807) is 32.9 Å². The van der Waals surface area contributed by atoms with Crippen molar-refractivity contribution in [2.24, 2.45) is 0 Å². The van der Waals surface area contributed by atoms with Gasteiger partial charge in [0.2, 0.25) is 0 Å². The number of aromatic amines is 1. The minimum atomic E-state index is -1.06. The highest BCUT2D eigenvalue weighted by molar-refractivity contribution is 5.92. The van der Waals surface area contributed by atoms with Gasteiger partial charge in [-0.15, -0.1) is 0 Å². The van der Waals surface area contributed by atoms with E-state index in [-0.39, 0.29) is 12.2 Å². The molecule has 216 valence electrons. The lowest BCUT2D eigenvalue weighted by Crippen LogP contribution is -2.46. The molecular weight excluding hydrogens is 532 g/mol. The Hall–Kier alpha value is -4.85. The number of aromatic nitrogens is 1. The van der Waals surface area contributed by atoms with E-state index in [2.05, 4.69) is 10.3 Å². The third-order valence-electron chi connectivity index (χ3n) is 7.00. The van der Waals surface area contributed by atoms with Gasteiger partial charge in [-0.1, -0.05) is 48.5 Å². The van der Waals surface area contributed by atoms with Gasteiger partial charge in [-0.25, -0.2) is 14.4 Å². The number of amides is 1. The van der Waals surface area contributed by atoms with Gasteiger partial charge in [0.15, 0.2) is 0 Å². The molecular formula is C34H34N2O6. The maximum atomic E-state index is 13.8. The summed E-state index contributed by atoms with van der Waals surface area (Å²) in [6.45, 7) is 8.91. The number of ether oxygens (including phenoxy) is 2. The molecule has 3 aromatic carbocycles. The van der Waals surface area contributed by atoms with Crippen LogP contribution in [0.15, 0.2) is 82.1 Å². The summed E-state index contributed by atoms with van der Waals surface area (Å²) in [6.07, 6.45) is 1.62. The van der Waals surface area contributed by atoms with Crippen LogP contribution in [0.4, 0.5) is 4.79 Å². The summed E-state index contributed by atoms with van der Waals surface area (Å²) in [4.78, 5) is 42.8. The Labute approximate surface area is 243 Å². The first-order valence-corrected chi connectivity index (χ1v) is 13.9. The van der Waals surface area contributed by atoms with E-state index < -0.39 is 29.3 Å². The minimum Gasteiger partial charge on any atom is -0.444 e. The molecule has 2 N–H and O–H groups in total. The SMILES string of the molecule is Cc1cc(OC(=O)C(Cc2c[nH]c3ccccc23)NC(=O)OC(C)(C)C)c2c(C)c(Cc3ccccc3)c(=O)oc2c1. The van der Waals surface area contributed by atoms with Crippen molar-refractivity contribution in [1.82, 2.24) is 10.3 Å². The van der Waals surface area contributed by atoms with Crippen LogP contribution in [0.2, 0.25) is 0 Å². The van der Waals surface area contributed by atoms with Crippen LogP contribution < -0.4 is 15.7 Å². The van der Waals surface area contributed by atoms with Gasteiger partial charge in [0.1, 0.15) is 23.0 Å². The highest BCUT2D eigenvalue weighted by Gasteiger charge is 2.28. The summed E-state index contributed by atoms with van der Waals surface area (Å²) >= 11 is 0. The quantitative estimate of drug-likeness (QED) is 0.132. The lowest BCUT2D eigenvalue weighted by atomic mass is 9.98. The fraction of sp³-hybridized carbons (Fsp3) is 0.265. The standard InChI is InChI=1S/C34H34N2O6/c1-20-15-28-30(21(2)25(31(37)40-28)17-22-11-7-6-8-12-22)29(16-20)41-32(38)27(36-33(39)42-34(3,4)5)18-23-19-35-26-14-10-9-13-24(23)26/h6-16,19,27,35H,17-18H2,1-5H3,(H,36,39). The average Bonchev–Trinajstić information content (AvgIpc) is 3.32. The van der Waals surface area contributed by atoms with Gasteiger partial charge in [-0.05, 0) is 75.1 Å². The van der Waals surface area contributed by atoms with E-state index >= 15 is 0 Å². The second kappa shape index (κ2) is 11.6. The van der Waals surface area contributed by atoms with Gasteiger partial charge in [-0.2, -0.15) is 0 Å². The highest BCUT2D eigenvalue weighted by Crippen LogP contribution is 2.32. The molecule has 0 saturated heterocycles. The van der Waals surface area contributed by atoms with E-state index in [1.165, 1.54) is 0 Å². The van der Waals surface area contributed by atoms with Crippen LogP contribution in [0.1, 0.15) is 48.6 Å². The van der Waals surface area contributed by atoms with Crippen molar-refractivity contribution in [2.45, 2.75) is 59.1 Å². The molecule has 5 rings (SSSR count). The maximum absolute atomic E-state index is 13.8. The molecule has 5 aromatic rings. The zero-order valence-corrected chi connectivity index (χ0v) is 24.4. The Balaban J connectivity index is 1.52. The average molecular weight is 567 g/mol. The second-order valence-corrected chi connectivity index (χ2v) is 11.5. The van der Waals surface area contributed by atoms with Crippen molar-refractivity contribution in [3.05, 3.63) is 111 Å².